The van der Waals surface area contributed by atoms with Gasteiger partial charge in [-0.1, -0.05) is 20.3 Å². The Kier molecular flexibility index (Phi) is 8.46. The molecule has 4 unspecified atom stereocenters. The third-order valence-corrected chi connectivity index (χ3v) is 4.62. The monoisotopic (exact) mass is 372 g/mol. The fraction of sp³-hybridized carbons (Fsp3) is 0.750. The average Bonchev–Trinajstić information content (AvgIpc) is 3.11. The average molecular weight is 372 g/mol. The van der Waals surface area contributed by atoms with Crippen LogP contribution in [0.2, 0.25) is 0 Å². The summed E-state index contributed by atoms with van der Waals surface area (Å²) >= 11 is 0. The summed E-state index contributed by atoms with van der Waals surface area (Å²) in [6, 6.07) is -3.07. The molecule has 148 valence electrons. The molecule has 0 aromatic heterocycles. The molecule has 1 aliphatic rings. The maximum atomic E-state index is 12.9. The number of amides is 3. The van der Waals surface area contributed by atoms with Crippen LogP contribution in [-0.2, 0) is 19.2 Å². The molecule has 4 atom stereocenters. The van der Waals surface area contributed by atoms with E-state index in [0.29, 0.717) is 25.8 Å². The molecule has 26 heavy (non-hydrogen) atoms. The molecule has 1 fully saturated rings. The summed E-state index contributed by atoms with van der Waals surface area (Å²) in [6.45, 7) is 3.03. The van der Waals surface area contributed by atoms with Gasteiger partial charge in [0, 0.05) is 6.54 Å². The lowest BCUT2D eigenvalue weighted by Gasteiger charge is -2.31. The number of hydrogen-bond acceptors (Lipinski definition) is 6. The van der Waals surface area contributed by atoms with Crippen LogP contribution in [0, 0.1) is 5.92 Å². The molecule has 10 heteroatoms. The zero-order valence-corrected chi connectivity index (χ0v) is 15.1. The number of aliphatic carboxylic acids is 1. The van der Waals surface area contributed by atoms with Crippen molar-refractivity contribution >= 4 is 23.7 Å². The van der Waals surface area contributed by atoms with Crippen LogP contribution in [0.3, 0.4) is 0 Å². The minimum atomic E-state index is -1.43. The summed E-state index contributed by atoms with van der Waals surface area (Å²) in [4.78, 5) is 49.3. The molecule has 3 amide bonds. The van der Waals surface area contributed by atoms with Crippen LogP contribution in [0.15, 0.2) is 0 Å². The van der Waals surface area contributed by atoms with E-state index >= 15 is 0 Å². The number of nitrogens with one attached hydrogen (secondary N) is 2. The van der Waals surface area contributed by atoms with Gasteiger partial charge in [-0.05, 0) is 18.8 Å². The largest absolute Gasteiger partial charge is 0.480 e. The number of nitrogens with zero attached hydrogens (tertiary/aromatic N) is 1. The van der Waals surface area contributed by atoms with E-state index in [1.54, 1.807) is 0 Å². The van der Waals surface area contributed by atoms with Gasteiger partial charge in [0.05, 0.1) is 13.2 Å². The van der Waals surface area contributed by atoms with Gasteiger partial charge in [0.2, 0.25) is 17.7 Å². The van der Waals surface area contributed by atoms with Crippen molar-refractivity contribution in [2.45, 2.75) is 51.2 Å². The summed E-state index contributed by atoms with van der Waals surface area (Å²) in [5.74, 6) is -3.01. The molecule has 0 aliphatic carbocycles. The number of aliphatic hydroxyl groups is 1. The summed E-state index contributed by atoms with van der Waals surface area (Å²) in [7, 11) is 0. The van der Waals surface area contributed by atoms with Gasteiger partial charge in [0.25, 0.3) is 0 Å². The second-order valence-electron chi connectivity index (χ2n) is 6.41. The first kappa shape index (κ1) is 21.8. The van der Waals surface area contributed by atoms with Gasteiger partial charge in [0.1, 0.15) is 18.1 Å². The second kappa shape index (κ2) is 10.1. The highest BCUT2D eigenvalue weighted by Crippen LogP contribution is 2.21. The normalized spacial score (nSPS) is 20.2. The van der Waals surface area contributed by atoms with Crippen molar-refractivity contribution in [1.29, 1.82) is 0 Å². The number of rotatable bonds is 9. The molecular formula is C16H28N4O6. The van der Waals surface area contributed by atoms with Crippen molar-refractivity contribution in [3.63, 3.8) is 0 Å². The van der Waals surface area contributed by atoms with E-state index in [9.17, 15) is 19.2 Å². The molecule has 1 heterocycles. The van der Waals surface area contributed by atoms with Gasteiger partial charge in [0.15, 0.2) is 0 Å². The lowest BCUT2D eigenvalue weighted by Crippen LogP contribution is -2.57. The Morgan fingerprint density at radius 1 is 1.27 bits per heavy atom. The lowest BCUT2D eigenvalue weighted by molar-refractivity contribution is -0.146. The first-order chi connectivity index (χ1) is 12.3. The van der Waals surface area contributed by atoms with Crippen LogP contribution in [0.25, 0.3) is 0 Å². The first-order valence-electron chi connectivity index (χ1n) is 8.70. The molecule has 10 nitrogen and oxygen atoms in total. The van der Waals surface area contributed by atoms with Crippen molar-refractivity contribution in [3.05, 3.63) is 0 Å². The SMILES string of the molecule is CCC(C)C(NC(=O)CN)C(=O)N1CCCC1C(=O)NC(CO)C(=O)O. The fourth-order valence-corrected chi connectivity index (χ4v) is 2.85. The Morgan fingerprint density at radius 2 is 1.92 bits per heavy atom. The molecule has 0 bridgehead atoms. The molecule has 0 saturated carbocycles. The van der Waals surface area contributed by atoms with Gasteiger partial charge in [-0.25, -0.2) is 4.79 Å². The topological polar surface area (TPSA) is 162 Å². The number of carbonyl (C=O) groups excluding carboxylic acids is 3. The second-order valence-corrected chi connectivity index (χ2v) is 6.41. The molecule has 0 aromatic rings. The highest BCUT2D eigenvalue weighted by molar-refractivity contribution is 5.94. The van der Waals surface area contributed by atoms with E-state index in [4.69, 9.17) is 15.9 Å². The third kappa shape index (κ3) is 5.40. The van der Waals surface area contributed by atoms with Crippen LogP contribution in [0.5, 0.6) is 0 Å². The number of carboxylic acid groups (broad SMARTS) is 1. The van der Waals surface area contributed by atoms with Gasteiger partial charge in [-0.15, -0.1) is 0 Å². The van der Waals surface area contributed by atoms with Crippen LogP contribution >= 0.6 is 0 Å². The van der Waals surface area contributed by atoms with E-state index < -0.39 is 48.4 Å². The van der Waals surface area contributed by atoms with E-state index in [0.717, 1.165) is 0 Å². The number of carbonyl (C=O) groups is 4. The van der Waals surface area contributed by atoms with Gasteiger partial charge < -0.3 is 31.5 Å². The predicted molar refractivity (Wildman–Crippen MR) is 91.8 cm³/mol. The number of hydrogen-bond donors (Lipinski definition) is 5. The minimum Gasteiger partial charge on any atom is -0.480 e. The quantitative estimate of drug-likeness (QED) is 0.313. The highest BCUT2D eigenvalue weighted by atomic mass is 16.4. The Hall–Kier alpha value is -2.20. The van der Waals surface area contributed by atoms with Crippen molar-refractivity contribution in [2.75, 3.05) is 19.7 Å². The van der Waals surface area contributed by atoms with Crippen molar-refractivity contribution in [2.24, 2.45) is 11.7 Å². The van der Waals surface area contributed by atoms with E-state index in [2.05, 4.69) is 10.6 Å². The van der Waals surface area contributed by atoms with Crippen LogP contribution in [0.1, 0.15) is 33.1 Å². The molecule has 0 radical (unpaired) electrons. The fourth-order valence-electron chi connectivity index (χ4n) is 2.85. The van der Waals surface area contributed by atoms with Crippen molar-refractivity contribution in [1.82, 2.24) is 15.5 Å². The number of aliphatic hydroxyl groups excluding tert-OH is 1. The van der Waals surface area contributed by atoms with Crippen LogP contribution in [-0.4, -0.2) is 76.6 Å². The maximum absolute atomic E-state index is 12.9. The predicted octanol–water partition coefficient (Wildman–Crippen LogP) is -1.97. The van der Waals surface area contributed by atoms with Crippen molar-refractivity contribution in [3.8, 4) is 0 Å². The first-order valence-corrected chi connectivity index (χ1v) is 8.70. The Bertz CT molecular complexity index is 541. The lowest BCUT2D eigenvalue weighted by atomic mass is 9.97. The highest BCUT2D eigenvalue weighted by Gasteiger charge is 2.39. The summed E-state index contributed by atoms with van der Waals surface area (Å²) in [5.41, 5.74) is 5.31. The smallest absolute Gasteiger partial charge is 0.328 e. The molecule has 0 spiro atoms. The zero-order valence-electron chi connectivity index (χ0n) is 15.1. The molecule has 6 N–H and O–H groups in total. The standard InChI is InChI=1S/C16H28N4O6/c1-3-9(2)13(19-12(22)7-17)15(24)20-6-4-5-11(20)14(23)18-10(8-21)16(25)26/h9-11,13,21H,3-8,17H2,1-2H3,(H,18,23)(H,19,22)(H,25,26). The van der Waals surface area contributed by atoms with Gasteiger partial charge in [-0.2, -0.15) is 0 Å². The minimum absolute atomic E-state index is 0.161. The summed E-state index contributed by atoms with van der Waals surface area (Å²) in [5, 5.41) is 22.8. The van der Waals surface area contributed by atoms with Crippen molar-refractivity contribution < 1.29 is 29.4 Å². The number of likely N-dealkylation sites (tertiary alicyclic amines) is 1. The molecule has 1 aliphatic heterocycles. The molecular weight excluding hydrogens is 344 g/mol. The molecule has 0 aromatic carbocycles. The summed E-state index contributed by atoms with van der Waals surface area (Å²) < 4.78 is 0. The van der Waals surface area contributed by atoms with Crippen LogP contribution < -0.4 is 16.4 Å². The Balaban J connectivity index is 2.91. The third-order valence-electron chi connectivity index (χ3n) is 4.62. The van der Waals surface area contributed by atoms with E-state index in [1.165, 1.54) is 4.90 Å². The molecule has 1 rings (SSSR count). The van der Waals surface area contributed by atoms with Crippen LogP contribution in [0.4, 0.5) is 0 Å². The Labute approximate surface area is 152 Å². The van der Waals surface area contributed by atoms with E-state index in [-0.39, 0.29) is 12.5 Å². The number of nitrogens with two attached hydrogens (primary N) is 1. The number of carboxylic acids is 1. The maximum Gasteiger partial charge on any atom is 0.328 e. The summed E-state index contributed by atoms with van der Waals surface area (Å²) in [6.07, 6.45) is 1.60. The zero-order chi connectivity index (χ0) is 19.9. The van der Waals surface area contributed by atoms with Gasteiger partial charge in [-0.3, -0.25) is 14.4 Å². The van der Waals surface area contributed by atoms with E-state index in [1.807, 2.05) is 13.8 Å². The van der Waals surface area contributed by atoms with Gasteiger partial charge >= 0.3 is 5.97 Å². The molecule has 1 saturated heterocycles. The Morgan fingerprint density at radius 3 is 2.42 bits per heavy atom.